The van der Waals surface area contributed by atoms with Crippen LogP contribution in [0.5, 0.6) is 0 Å². The molecule has 1 atom stereocenters. The molecule has 0 spiro atoms. The van der Waals surface area contributed by atoms with Crippen LogP contribution in [0.15, 0.2) is 12.4 Å². The van der Waals surface area contributed by atoms with Crippen LogP contribution in [0.1, 0.15) is 36.4 Å². The third-order valence-electron chi connectivity index (χ3n) is 3.16. The highest BCUT2D eigenvalue weighted by Gasteiger charge is 2.16. The van der Waals surface area contributed by atoms with Gasteiger partial charge in [0.2, 0.25) is 0 Å². The van der Waals surface area contributed by atoms with Crippen LogP contribution in [0.25, 0.3) is 0 Å². The first-order valence-electron chi connectivity index (χ1n) is 5.74. The smallest absolute Gasteiger partial charge is 0.0312 e. The number of hydrogen-bond acceptors (Lipinski definition) is 2. The first kappa shape index (κ1) is 11.1. The Morgan fingerprint density at radius 1 is 1.47 bits per heavy atom. The predicted octanol–water partition coefficient (Wildman–Crippen LogP) is 2.58. The molecule has 1 aromatic heterocycles. The van der Waals surface area contributed by atoms with Gasteiger partial charge in [-0.1, -0.05) is 6.42 Å². The Morgan fingerprint density at radius 3 is 3.13 bits per heavy atom. The van der Waals surface area contributed by atoms with Gasteiger partial charge in [-0.3, -0.25) is 0 Å². The molecule has 0 radical (unpaired) electrons. The van der Waals surface area contributed by atoms with Gasteiger partial charge in [0.25, 0.3) is 0 Å². The number of aryl methyl sites for hydroxylation is 2. The van der Waals surface area contributed by atoms with Crippen molar-refractivity contribution in [3.05, 3.63) is 23.5 Å². The Kier molecular flexibility index (Phi) is 3.76. The number of nitrogens with two attached hydrogens (primary N) is 1. The van der Waals surface area contributed by atoms with Gasteiger partial charge in [0.1, 0.15) is 0 Å². The highest BCUT2D eigenvalue weighted by molar-refractivity contribution is 7.98. The van der Waals surface area contributed by atoms with Crippen LogP contribution in [0, 0.1) is 0 Å². The minimum absolute atomic E-state index is 0.276. The lowest BCUT2D eigenvalue weighted by Crippen LogP contribution is -2.09. The maximum Gasteiger partial charge on any atom is 0.0312 e. The van der Waals surface area contributed by atoms with Gasteiger partial charge in [0.15, 0.2) is 0 Å². The highest BCUT2D eigenvalue weighted by Crippen LogP contribution is 2.27. The summed E-state index contributed by atoms with van der Waals surface area (Å²) in [5, 5.41) is 0. The average molecular weight is 224 g/mol. The molecule has 84 valence electrons. The molecular formula is C12H20N2S. The summed E-state index contributed by atoms with van der Waals surface area (Å²) in [7, 11) is 0. The number of hydrogen-bond donors (Lipinski definition) is 1. The molecule has 15 heavy (non-hydrogen) atoms. The summed E-state index contributed by atoms with van der Waals surface area (Å²) in [6.07, 6.45) is 11.7. The molecule has 0 saturated heterocycles. The Labute approximate surface area is 96.2 Å². The van der Waals surface area contributed by atoms with Gasteiger partial charge in [-0.05, 0) is 36.6 Å². The molecule has 3 heteroatoms. The molecular weight excluding hydrogens is 204 g/mol. The zero-order valence-corrected chi connectivity index (χ0v) is 10.2. The van der Waals surface area contributed by atoms with Gasteiger partial charge >= 0.3 is 0 Å². The van der Waals surface area contributed by atoms with E-state index >= 15 is 0 Å². The van der Waals surface area contributed by atoms with Crippen LogP contribution >= 0.6 is 11.8 Å². The molecule has 0 aliphatic heterocycles. The van der Waals surface area contributed by atoms with Crippen LogP contribution in [0.2, 0.25) is 0 Å². The van der Waals surface area contributed by atoms with E-state index in [9.17, 15) is 0 Å². The maximum absolute atomic E-state index is 6.17. The summed E-state index contributed by atoms with van der Waals surface area (Å²) in [6.45, 7) is 1.11. The summed E-state index contributed by atoms with van der Waals surface area (Å²) in [6, 6.07) is 0.276. The van der Waals surface area contributed by atoms with Gasteiger partial charge < -0.3 is 10.3 Å². The molecule has 1 aromatic rings. The number of rotatable bonds is 3. The van der Waals surface area contributed by atoms with Gasteiger partial charge in [-0.2, -0.15) is 11.8 Å². The molecule has 0 fully saturated rings. The lowest BCUT2D eigenvalue weighted by atomic mass is 10.1. The molecule has 2 N–H and O–H groups in total. The molecule has 0 amide bonds. The van der Waals surface area contributed by atoms with Crippen molar-refractivity contribution in [3.63, 3.8) is 0 Å². The molecule has 1 heterocycles. The Bertz CT molecular complexity index is 319. The maximum atomic E-state index is 6.17. The molecule has 1 unspecified atom stereocenters. The van der Waals surface area contributed by atoms with Crippen molar-refractivity contribution >= 4 is 11.8 Å². The molecule has 2 rings (SSSR count). The van der Waals surface area contributed by atoms with Crippen molar-refractivity contribution in [2.24, 2.45) is 5.73 Å². The molecule has 2 nitrogen and oxygen atoms in total. The highest BCUT2D eigenvalue weighted by atomic mass is 32.2. The van der Waals surface area contributed by atoms with Crippen LogP contribution in [0.4, 0.5) is 0 Å². The normalized spacial score (nSPS) is 21.1. The van der Waals surface area contributed by atoms with Crippen molar-refractivity contribution < 1.29 is 0 Å². The molecule has 1 aliphatic rings. The quantitative estimate of drug-likeness (QED) is 0.800. The monoisotopic (exact) mass is 224 g/mol. The third kappa shape index (κ3) is 2.58. The largest absolute Gasteiger partial charge is 0.353 e. The lowest BCUT2D eigenvalue weighted by molar-refractivity contribution is 0.609. The van der Waals surface area contributed by atoms with Crippen LogP contribution < -0.4 is 5.73 Å². The van der Waals surface area contributed by atoms with Crippen molar-refractivity contribution in [2.75, 3.05) is 12.0 Å². The second kappa shape index (κ2) is 5.08. The van der Waals surface area contributed by atoms with E-state index < -0.39 is 0 Å². The van der Waals surface area contributed by atoms with Crippen molar-refractivity contribution in [2.45, 2.75) is 38.3 Å². The fourth-order valence-corrected chi connectivity index (χ4v) is 2.67. The summed E-state index contributed by atoms with van der Waals surface area (Å²) < 4.78 is 2.31. The standard InChI is InChI=1S/C12H20N2S/c1-15-7-6-14-8-10-4-2-3-5-12(13)11(10)9-14/h8-9,12H,2-7,13H2,1H3. The van der Waals surface area contributed by atoms with Gasteiger partial charge in [-0.15, -0.1) is 0 Å². The van der Waals surface area contributed by atoms with Crippen molar-refractivity contribution in [3.8, 4) is 0 Å². The van der Waals surface area contributed by atoms with E-state index in [-0.39, 0.29) is 6.04 Å². The second-order valence-corrected chi connectivity index (χ2v) is 5.31. The van der Waals surface area contributed by atoms with E-state index in [1.54, 1.807) is 0 Å². The van der Waals surface area contributed by atoms with Crippen LogP contribution in [-0.2, 0) is 13.0 Å². The zero-order chi connectivity index (χ0) is 10.7. The van der Waals surface area contributed by atoms with E-state index in [0.717, 1.165) is 13.0 Å². The lowest BCUT2D eigenvalue weighted by Gasteiger charge is -2.07. The van der Waals surface area contributed by atoms with Crippen molar-refractivity contribution in [1.29, 1.82) is 0 Å². The topological polar surface area (TPSA) is 30.9 Å². The van der Waals surface area contributed by atoms with Gasteiger partial charge in [0, 0.05) is 30.7 Å². The fraction of sp³-hybridized carbons (Fsp3) is 0.667. The minimum atomic E-state index is 0.276. The molecule has 0 aromatic carbocycles. The number of thioether (sulfide) groups is 1. The van der Waals surface area contributed by atoms with E-state index in [4.69, 9.17) is 5.73 Å². The first-order valence-corrected chi connectivity index (χ1v) is 7.13. The summed E-state index contributed by atoms with van der Waals surface area (Å²) in [4.78, 5) is 0. The van der Waals surface area contributed by atoms with Crippen LogP contribution in [-0.4, -0.2) is 16.6 Å². The summed E-state index contributed by atoms with van der Waals surface area (Å²) >= 11 is 1.90. The molecule has 0 saturated carbocycles. The third-order valence-corrected chi connectivity index (χ3v) is 3.75. The minimum Gasteiger partial charge on any atom is -0.353 e. The van der Waals surface area contributed by atoms with Crippen molar-refractivity contribution in [1.82, 2.24) is 4.57 Å². The number of aromatic nitrogens is 1. The first-order chi connectivity index (χ1) is 7.31. The SMILES string of the molecule is CSCCn1cc2c(c1)C(N)CCCC2. The van der Waals surface area contributed by atoms with E-state index in [1.165, 1.54) is 36.1 Å². The average Bonchev–Trinajstić information content (AvgIpc) is 2.57. The number of fused-ring (bicyclic) bond motifs is 1. The van der Waals surface area contributed by atoms with Gasteiger partial charge in [-0.25, -0.2) is 0 Å². The molecule has 0 bridgehead atoms. The predicted molar refractivity (Wildman–Crippen MR) is 67.3 cm³/mol. The van der Waals surface area contributed by atoms with Gasteiger partial charge in [0.05, 0.1) is 0 Å². The fourth-order valence-electron chi connectivity index (χ4n) is 2.28. The number of nitrogens with zero attached hydrogens (tertiary/aromatic N) is 1. The Hall–Kier alpha value is -0.410. The Morgan fingerprint density at radius 2 is 2.33 bits per heavy atom. The zero-order valence-electron chi connectivity index (χ0n) is 9.41. The van der Waals surface area contributed by atoms with E-state index in [1.807, 2.05) is 11.8 Å². The summed E-state index contributed by atoms with van der Waals surface area (Å²) in [5.41, 5.74) is 9.05. The molecule has 1 aliphatic carbocycles. The van der Waals surface area contributed by atoms with Crippen LogP contribution in [0.3, 0.4) is 0 Å². The van der Waals surface area contributed by atoms with E-state index in [0.29, 0.717) is 0 Å². The van der Waals surface area contributed by atoms with E-state index in [2.05, 4.69) is 23.2 Å². The summed E-state index contributed by atoms with van der Waals surface area (Å²) in [5.74, 6) is 1.18. The second-order valence-electron chi connectivity index (χ2n) is 4.32. The Balaban J connectivity index is 2.14.